The highest BCUT2D eigenvalue weighted by Gasteiger charge is 2.40. The van der Waals surface area contributed by atoms with Gasteiger partial charge in [-0.15, -0.1) is 0 Å². The van der Waals surface area contributed by atoms with Crippen molar-refractivity contribution in [3.63, 3.8) is 0 Å². The van der Waals surface area contributed by atoms with Crippen molar-refractivity contribution in [2.24, 2.45) is 11.7 Å². The molecule has 1 aliphatic carbocycles. The summed E-state index contributed by atoms with van der Waals surface area (Å²) in [5.74, 6) is 1.36. The zero-order chi connectivity index (χ0) is 14.0. The van der Waals surface area contributed by atoms with Gasteiger partial charge in [0.2, 0.25) is 0 Å². The van der Waals surface area contributed by atoms with E-state index in [0.717, 1.165) is 5.82 Å². The van der Waals surface area contributed by atoms with E-state index in [1.165, 1.54) is 17.7 Å². The van der Waals surface area contributed by atoms with Gasteiger partial charge in [-0.3, -0.25) is 4.79 Å². The Morgan fingerprint density at radius 3 is 2.63 bits per heavy atom. The largest absolute Gasteiger partial charge is 0.363 e. The zero-order valence-corrected chi connectivity index (χ0v) is 11.8. The van der Waals surface area contributed by atoms with Gasteiger partial charge in [-0.1, -0.05) is 0 Å². The van der Waals surface area contributed by atoms with E-state index in [0.29, 0.717) is 18.0 Å². The molecule has 1 saturated carbocycles. The Bertz CT molecular complexity index is 453. The maximum atomic E-state index is 11.8. The van der Waals surface area contributed by atoms with Crippen LogP contribution in [-0.4, -0.2) is 42.0 Å². The molecule has 1 heterocycles. The van der Waals surface area contributed by atoms with Crippen LogP contribution in [0.15, 0.2) is 18.3 Å². The van der Waals surface area contributed by atoms with Gasteiger partial charge < -0.3 is 16.0 Å². The van der Waals surface area contributed by atoms with E-state index in [1.807, 2.05) is 6.07 Å². The lowest BCUT2D eigenvalue weighted by molar-refractivity contribution is 0.0827. The van der Waals surface area contributed by atoms with E-state index < -0.39 is 0 Å². The number of rotatable bonds is 5. The van der Waals surface area contributed by atoms with Crippen molar-refractivity contribution in [1.29, 1.82) is 0 Å². The Morgan fingerprint density at radius 2 is 2.21 bits per heavy atom. The van der Waals surface area contributed by atoms with Crippen LogP contribution in [0.1, 0.15) is 30.1 Å². The molecule has 1 fully saturated rings. The summed E-state index contributed by atoms with van der Waals surface area (Å²) in [5, 5.41) is 3.40. The van der Waals surface area contributed by atoms with Crippen LogP contribution in [0.4, 0.5) is 5.82 Å². The maximum absolute atomic E-state index is 11.8. The fraction of sp³-hybridized carbons (Fsp3) is 0.571. The van der Waals surface area contributed by atoms with Crippen molar-refractivity contribution >= 4 is 11.7 Å². The number of anilines is 1. The Morgan fingerprint density at radius 1 is 1.53 bits per heavy atom. The molecule has 0 spiro atoms. The lowest BCUT2D eigenvalue weighted by Crippen LogP contribution is -2.44. The first-order valence-corrected chi connectivity index (χ1v) is 6.62. The van der Waals surface area contributed by atoms with Crippen LogP contribution in [0.5, 0.6) is 0 Å². The number of amides is 1. The van der Waals surface area contributed by atoms with Crippen molar-refractivity contribution in [1.82, 2.24) is 9.88 Å². The van der Waals surface area contributed by atoms with Crippen LogP contribution in [0.3, 0.4) is 0 Å². The third kappa shape index (κ3) is 3.04. The molecule has 1 amide bonds. The Hall–Kier alpha value is -1.62. The zero-order valence-electron chi connectivity index (χ0n) is 11.8. The molecule has 1 aromatic heterocycles. The van der Waals surface area contributed by atoms with E-state index in [9.17, 15) is 4.79 Å². The van der Waals surface area contributed by atoms with Crippen LogP contribution >= 0.6 is 0 Å². The molecule has 1 aliphatic rings. The molecule has 0 bridgehead atoms. The first-order valence-electron chi connectivity index (χ1n) is 6.62. The highest BCUT2D eigenvalue weighted by atomic mass is 16.2. The maximum Gasteiger partial charge on any atom is 0.254 e. The summed E-state index contributed by atoms with van der Waals surface area (Å²) < 4.78 is 0. The second-order valence-electron chi connectivity index (χ2n) is 5.65. The van der Waals surface area contributed by atoms with Crippen molar-refractivity contribution in [3.05, 3.63) is 23.9 Å². The van der Waals surface area contributed by atoms with Gasteiger partial charge in [-0.2, -0.15) is 0 Å². The van der Waals surface area contributed by atoms with Crippen molar-refractivity contribution in [2.45, 2.75) is 25.3 Å². The van der Waals surface area contributed by atoms with Gasteiger partial charge in [0, 0.05) is 26.8 Å². The topological polar surface area (TPSA) is 71.2 Å². The van der Waals surface area contributed by atoms with Crippen molar-refractivity contribution in [2.75, 3.05) is 26.0 Å². The molecule has 0 aromatic carbocycles. The molecule has 104 valence electrons. The molecule has 1 unspecified atom stereocenters. The fourth-order valence-electron chi connectivity index (χ4n) is 2.19. The summed E-state index contributed by atoms with van der Waals surface area (Å²) in [6.45, 7) is 2.71. The third-order valence-electron chi connectivity index (χ3n) is 3.73. The van der Waals surface area contributed by atoms with Crippen LogP contribution in [0.2, 0.25) is 0 Å². The number of nitrogens with one attached hydrogen (secondary N) is 1. The second-order valence-corrected chi connectivity index (χ2v) is 5.65. The van der Waals surface area contributed by atoms with Crippen molar-refractivity contribution in [3.8, 4) is 0 Å². The first kappa shape index (κ1) is 13.8. The van der Waals surface area contributed by atoms with Crippen LogP contribution in [-0.2, 0) is 0 Å². The monoisotopic (exact) mass is 262 g/mol. The normalized spacial score (nSPS) is 17.7. The molecule has 0 saturated heterocycles. The van der Waals surface area contributed by atoms with E-state index in [4.69, 9.17) is 5.73 Å². The van der Waals surface area contributed by atoms with Gasteiger partial charge in [0.05, 0.1) is 11.1 Å². The average molecular weight is 262 g/mol. The molecule has 5 heteroatoms. The third-order valence-corrected chi connectivity index (χ3v) is 3.73. The number of hydrogen-bond acceptors (Lipinski definition) is 4. The highest BCUT2D eigenvalue weighted by molar-refractivity contribution is 5.93. The number of carbonyl (C=O) groups is 1. The number of pyridine rings is 1. The lowest BCUT2D eigenvalue weighted by Gasteiger charge is -2.30. The Kier molecular flexibility index (Phi) is 3.75. The van der Waals surface area contributed by atoms with Gasteiger partial charge in [-0.05, 0) is 37.8 Å². The molecular weight excluding hydrogens is 240 g/mol. The molecule has 2 rings (SSSR count). The van der Waals surface area contributed by atoms with Gasteiger partial charge in [0.1, 0.15) is 5.82 Å². The van der Waals surface area contributed by atoms with E-state index in [-0.39, 0.29) is 11.4 Å². The number of hydrogen-bond donors (Lipinski definition) is 2. The Balaban J connectivity index is 2.08. The van der Waals surface area contributed by atoms with E-state index >= 15 is 0 Å². The molecule has 0 aliphatic heterocycles. The lowest BCUT2D eigenvalue weighted by atomic mass is 9.96. The van der Waals surface area contributed by atoms with Gasteiger partial charge >= 0.3 is 0 Å². The average Bonchev–Trinajstić information content (AvgIpc) is 3.23. The molecule has 19 heavy (non-hydrogen) atoms. The summed E-state index contributed by atoms with van der Waals surface area (Å²) in [6, 6.07) is 3.63. The van der Waals surface area contributed by atoms with E-state index in [2.05, 4.69) is 17.2 Å². The molecule has 0 radical (unpaired) electrons. The Labute approximate surface area is 114 Å². The summed E-state index contributed by atoms with van der Waals surface area (Å²) >= 11 is 0. The first-order chi connectivity index (χ1) is 8.96. The summed E-state index contributed by atoms with van der Waals surface area (Å²) in [5.41, 5.74) is 6.36. The summed E-state index contributed by atoms with van der Waals surface area (Å²) in [7, 11) is 3.46. The number of nitrogens with zero attached hydrogens (tertiary/aromatic N) is 2. The smallest absolute Gasteiger partial charge is 0.254 e. The predicted octanol–water partition coefficient (Wildman–Crippen LogP) is 1.32. The quantitative estimate of drug-likeness (QED) is 0.839. The standard InChI is InChI=1S/C14H22N4O/c1-14(9-15,11-5-6-11)17-12-7-4-10(8-16-12)13(19)18(2)3/h4,7-8,11H,5-6,9,15H2,1-3H3,(H,16,17). The fourth-order valence-corrected chi connectivity index (χ4v) is 2.19. The van der Waals surface area contributed by atoms with Gasteiger partial charge in [-0.25, -0.2) is 4.98 Å². The number of carbonyl (C=O) groups excluding carboxylic acids is 1. The SMILES string of the molecule is CN(C)C(=O)c1ccc(NC(C)(CN)C2CC2)nc1. The molecule has 3 N–H and O–H groups in total. The molecule has 1 atom stereocenters. The number of nitrogens with two attached hydrogens (primary N) is 1. The number of aromatic nitrogens is 1. The van der Waals surface area contributed by atoms with Crippen LogP contribution < -0.4 is 11.1 Å². The minimum absolute atomic E-state index is 0.0390. The summed E-state index contributed by atoms with van der Waals surface area (Å²) in [4.78, 5) is 17.6. The van der Waals surface area contributed by atoms with Gasteiger partial charge in [0.25, 0.3) is 5.91 Å². The molecule has 1 aromatic rings. The minimum Gasteiger partial charge on any atom is -0.363 e. The highest BCUT2D eigenvalue weighted by Crippen LogP contribution is 2.40. The van der Waals surface area contributed by atoms with Gasteiger partial charge in [0.15, 0.2) is 0 Å². The molecule has 5 nitrogen and oxygen atoms in total. The summed E-state index contributed by atoms with van der Waals surface area (Å²) in [6.07, 6.45) is 4.05. The van der Waals surface area contributed by atoms with Crippen LogP contribution in [0, 0.1) is 5.92 Å². The van der Waals surface area contributed by atoms with Crippen LogP contribution in [0.25, 0.3) is 0 Å². The molecular formula is C14H22N4O. The second kappa shape index (κ2) is 5.17. The predicted molar refractivity (Wildman–Crippen MR) is 76.1 cm³/mol. The van der Waals surface area contributed by atoms with Crippen molar-refractivity contribution < 1.29 is 4.79 Å². The minimum atomic E-state index is -0.0971. The van der Waals surface area contributed by atoms with E-state index in [1.54, 1.807) is 26.4 Å².